The molecule has 0 spiro atoms. The monoisotopic (exact) mass is 321 g/mol. The van der Waals surface area contributed by atoms with E-state index >= 15 is 0 Å². The molecule has 2 aromatic rings. The van der Waals surface area contributed by atoms with E-state index in [-0.39, 0.29) is 5.91 Å². The van der Waals surface area contributed by atoms with Crippen LogP contribution < -0.4 is 10.1 Å². The predicted molar refractivity (Wildman–Crippen MR) is 75.3 cm³/mol. The van der Waals surface area contributed by atoms with Crippen LogP contribution in [0.15, 0.2) is 41.1 Å². The molecule has 1 amide bonds. The lowest BCUT2D eigenvalue weighted by Crippen LogP contribution is -2.14. The lowest BCUT2D eigenvalue weighted by atomic mass is 10.3. The molecule has 0 saturated carbocycles. The zero-order valence-electron chi connectivity index (χ0n) is 10.3. The zero-order valence-corrected chi connectivity index (χ0v) is 11.8. The number of ether oxygens (including phenoxy) is 1. The average molecular weight is 322 g/mol. The Balaban J connectivity index is 2.09. The van der Waals surface area contributed by atoms with Crippen molar-refractivity contribution in [3.8, 4) is 5.88 Å². The van der Waals surface area contributed by atoms with Crippen LogP contribution in [0.5, 0.6) is 5.88 Å². The third-order valence-corrected chi connectivity index (χ3v) is 2.90. The van der Waals surface area contributed by atoms with Gasteiger partial charge in [-0.05, 0) is 41.1 Å². The van der Waals surface area contributed by atoms with E-state index in [1.807, 2.05) is 6.92 Å². The van der Waals surface area contributed by atoms with Gasteiger partial charge in [-0.25, -0.2) is 9.97 Å². The number of nitrogens with zero attached hydrogens (tertiary/aromatic N) is 2. The molecule has 6 heteroatoms. The molecule has 0 aliphatic rings. The fraction of sp³-hybridized carbons (Fsp3) is 0.154. The molecule has 2 heterocycles. The Morgan fingerprint density at radius 2 is 2.21 bits per heavy atom. The van der Waals surface area contributed by atoms with Crippen LogP contribution in [0.2, 0.25) is 0 Å². The molecule has 0 atom stereocenters. The van der Waals surface area contributed by atoms with E-state index in [1.165, 1.54) is 0 Å². The van der Waals surface area contributed by atoms with Crippen LogP contribution in [0.3, 0.4) is 0 Å². The SMILES string of the molecule is CCOc1ccc(NC(=O)c2ncccc2Br)cn1. The standard InChI is InChI=1S/C13H12BrN3O2/c1-2-19-11-6-5-9(8-16-11)17-13(18)12-10(14)4-3-7-15-12/h3-8H,2H2,1H3,(H,17,18). The largest absolute Gasteiger partial charge is 0.478 e. The molecule has 0 saturated heterocycles. The van der Waals surface area contributed by atoms with Crippen molar-refractivity contribution >= 4 is 27.5 Å². The predicted octanol–water partition coefficient (Wildman–Crippen LogP) is 2.89. The van der Waals surface area contributed by atoms with E-state index in [4.69, 9.17) is 4.74 Å². The normalized spacial score (nSPS) is 10.0. The molecular weight excluding hydrogens is 310 g/mol. The summed E-state index contributed by atoms with van der Waals surface area (Å²) < 4.78 is 5.87. The van der Waals surface area contributed by atoms with Crippen molar-refractivity contribution in [3.63, 3.8) is 0 Å². The minimum Gasteiger partial charge on any atom is -0.478 e. The van der Waals surface area contributed by atoms with Gasteiger partial charge >= 0.3 is 0 Å². The number of rotatable bonds is 4. The van der Waals surface area contributed by atoms with E-state index in [0.29, 0.717) is 28.3 Å². The van der Waals surface area contributed by atoms with Gasteiger partial charge in [-0.2, -0.15) is 0 Å². The topological polar surface area (TPSA) is 64.1 Å². The van der Waals surface area contributed by atoms with Crippen molar-refractivity contribution < 1.29 is 9.53 Å². The number of carbonyl (C=O) groups excluding carboxylic acids is 1. The number of halogens is 1. The summed E-state index contributed by atoms with van der Waals surface area (Å²) in [5.74, 6) is 0.234. The highest BCUT2D eigenvalue weighted by atomic mass is 79.9. The van der Waals surface area contributed by atoms with E-state index < -0.39 is 0 Å². The Kier molecular flexibility index (Phi) is 4.46. The van der Waals surface area contributed by atoms with E-state index in [0.717, 1.165) is 0 Å². The summed E-state index contributed by atoms with van der Waals surface area (Å²) in [5, 5.41) is 2.72. The van der Waals surface area contributed by atoms with Crippen molar-refractivity contribution in [2.45, 2.75) is 6.92 Å². The van der Waals surface area contributed by atoms with Crippen molar-refractivity contribution in [1.82, 2.24) is 9.97 Å². The van der Waals surface area contributed by atoms with Crippen molar-refractivity contribution in [2.75, 3.05) is 11.9 Å². The Labute approximate surface area is 119 Å². The number of carbonyl (C=O) groups is 1. The molecule has 5 nitrogen and oxygen atoms in total. The van der Waals surface area contributed by atoms with Crippen molar-refractivity contribution in [3.05, 3.63) is 46.8 Å². The Bertz CT molecular complexity index is 572. The molecule has 0 fully saturated rings. The molecule has 1 N–H and O–H groups in total. The molecule has 19 heavy (non-hydrogen) atoms. The molecule has 0 radical (unpaired) electrons. The first-order chi connectivity index (χ1) is 9.20. The maximum absolute atomic E-state index is 12.0. The first-order valence-corrected chi connectivity index (χ1v) is 6.50. The quantitative estimate of drug-likeness (QED) is 0.940. The van der Waals surface area contributed by atoms with Crippen molar-refractivity contribution in [1.29, 1.82) is 0 Å². The van der Waals surface area contributed by atoms with Gasteiger partial charge in [0, 0.05) is 16.7 Å². The van der Waals surface area contributed by atoms with E-state index in [1.54, 1.807) is 36.7 Å². The fourth-order valence-corrected chi connectivity index (χ4v) is 1.87. The van der Waals surface area contributed by atoms with Crippen LogP contribution in [0, 0.1) is 0 Å². The fourth-order valence-electron chi connectivity index (χ4n) is 1.43. The minimum absolute atomic E-state index is 0.293. The molecule has 0 aliphatic carbocycles. The molecule has 0 unspecified atom stereocenters. The lowest BCUT2D eigenvalue weighted by Gasteiger charge is -2.06. The highest BCUT2D eigenvalue weighted by Gasteiger charge is 2.11. The summed E-state index contributed by atoms with van der Waals surface area (Å²) in [6, 6.07) is 6.94. The summed E-state index contributed by atoms with van der Waals surface area (Å²) >= 11 is 3.28. The molecule has 98 valence electrons. The summed E-state index contributed by atoms with van der Waals surface area (Å²) in [4.78, 5) is 20.1. The van der Waals surface area contributed by atoms with Gasteiger partial charge in [-0.15, -0.1) is 0 Å². The van der Waals surface area contributed by atoms with Gasteiger partial charge in [0.15, 0.2) is 0 Å². The zero-order chi connectivity index (χ0) is 13.7. The number of hydrogen-bond acceptors (Lipinski definition) is 4. The molecule has 2 aromatic heterocycles. The maximum Gasteiger partial charge on any atom is 0.275 e. The van der Waals surface area contributed by atoms with Crippen molar-refractivity contribution in [2.24, 2.45) is 0 Å². The Morgan fingerprint density at radius 1 is 1.37 bits per heavy atom. The molecule has 0 aromatic carbocycles. The highest BCUT2D eigenvalue weighted by Crippen LogP contribution is 2.16. The van der Waals surface area contributed by atoms with Crippen LogP contribution in [0.4, 0.5) is 5.69 Å². The van der Waals surface area contributed by atoms with Crippen LogP contribution in [0.25, 0.3) is 0 Å². The number of anilines is 1. The van der Waals surface area contributed by atoms with Gasteiger partial charge in [0.05, 0.1) is 18.5 Å². The number of aromatic nitrogens is 2. The van der Waals surface area contributed by atoms with E-state index in [2.05, 4.69) is 31.2 Å². The van der Waals surface area contributed by atoms with Crippen LogP contribution >= 0.6 is 15.9 Å². The van der Waals surface area contributed by atoms with Crippen LogP contribution in [0.1, 0.15) is 17.4 Å². The number of nitrogens with one attached hydrogen (secondary N) is 1. The second kappa shape index (κ2) is 6.29. The Morgan fingerprint density at radius 3 is 2.84 bits per heavy atom. The molecule has 0 aliphatic heterocycles. The van der Waals surface area contributed by atoms with Gasteiger partial charge < -0.3 is 10.1 Å². The number of pyridine rings is 2. The number of hydrogen-bond donors (Lipinski definition) is 1. The summed E-state index contributed by atoms with van der Waals surface area (Å²) in [6.45, 7) is 2.44. The second-order valence-corrected chi connectivity index (χ2v) is 4.46. The molecule has 0 bridgehead atoms. The first kappa shape index (κ1) is 13.5. The lowest BCUT2D eigenvalue weighted by molar-refractivity contribution is 0.102. The molecular formula is C13H12BrN3O2. The van der Waals surface area contributed by atoms with Gasteiger partial charge in [-0.1, -0.05) is 0 Å². The third-order valence-electron chi connectivity index (χ3n) is 2.26. The highest BCUT2D eigenvalue weighted by molar-refractivity contribution is 9.10. The summed E-state index contributed by atoms with van der Waals surface area (Å²) in [7, 11) is 0. The number of amides is 1. The summed E-state index contributed by atoms with van der Waals surface area (Å²) in [6.07, 6.45) is 3.11. The van der Waals surface area contributed by atoms with Gasteiger partial charge in [0.2, 0.25) is 5.88 Å². The summed E-state index contributed by atoms with van der Waals surface area (Å²) in [5.41, 5.74) is 0.919. The first-order valence-electron chi connectivity index (χ1n) is 5.71. The third kappa shape index (κ3) is 3.51. The van der Waals surface area contributed by atoms with Crippen LogP contribution in [-0.4, -0.2) is 22.5 Å². The van der Waals surface area contributed by atoms with Gasteiger partial charge in [0.1, 0.15) is 5.69 Å². The van der Waals surface area contributed by atoms with Gasteiger partial charge in [0.25, 0.3) is 5.91 Å². The van der Waals surface area contributed by atoms with Gasteiger partial charge in [-0.3, -0.25) is 4.79 Å². The second-order valence-electron chi connectivity index (χ2n) is 3.61. The Hall–Kier alpha value is -1.95. The maximum atomic E-state index is 12.0. The molecule has 2 rings (SSSR count). The average Bonchev–Trinajstić information content (AvgIpc) is 2.42. The van der Waals surface area contributed by atoms with Crippen LogP contribution in [-0.2, 0) is 0 Å². The van der Waals surface area contributed by atoms with E-state index in [9.17, 15) is 4.79 Å². The smallest absolute Gasteiger partial charge is 0.275 e. The minimum atomic E-state index is -0.293.